The Bertz CT molecular complexity index is 1440. The van der Waals surface area contributed by atoms with Crippen LogP contribution in [0.2, 0.25) is 0 Å². The van der Waals surface area contributed by atoms with E-state index in [1.165, 1.54) is 12.1 Å². The van der Waals surface area contributed by atoms with Crippen LogP contribution in [0.4, 0.5) is 4.39 Å². The number of nitrogens with one attached hydrogen (secondary N) is 1. The van der Waals surface area contributed by atoms with Crippen molar-refractivity contribution < 1.29 is 18.3 Å². The number of rotatable bonds is 4. The Morgan fingerprint density at radius 3 is 2.65 bits per heavy atom. The fraction of sp³-hybridized carbons (Fsp3) is 0.160. The third kappa shape index (κ3) is 4.26. The first-order valence-electron chi connectivity index (χ1n) is 10.7. The van der Waals surface area contributed by atoms with E-state index in [-0.39, 0.29) is 23.5 Å². The smallest absolute Gasteiger partial charge is 0.251 e. The second-order valence-corrected chi connectivity index (χ2v) is 10.6. The van der Waals surface area contributed by atoms with E-state index in [2.05, 4.69) is 11.4 Å². The SMILES string of the molecule is N#Cc1cccc(-c2nn(-c3ccc(F)cc3)c3cc(C(=O)NC4CCS(O)(O)C4)ccc23)c1. The van der Waals surface area contributed by atoms with Crippen LogP contribution in [0.1, 0.15) is 22.3 Å². The third-order valence-corrected chi connectivity index (χ3v) is 7.70. The van der Waals surface area contributed by atoms with E-state index in [4.69, 9.17) is 5.10 Å². The van der Waals surface area contributed by atoms with E-state index in [1.54, 1.807) is 53.2 Å². The van der Waals surface area contributed by atoms with Crippen LogP contribution in [0.25, 0.3) is 27.8 Å². The number of nitriles is 1. The first-order valence-corrected chi connectivity index (χ1v) is 12.6. The summed E-state index contributed by atoms with van der Waals surface area (Å²) in [6, 6.07) is 20.0. The van der Waals surface area contributed by atoms with Crippen LogP contribution in [0.5, 0.6) is 0 Å². The molecule has 4 aromatic rings. The Morgan fingerprint density at radius 1 is 1.15 bits per heavy atom. The molecule has 7 nitrogen and oxygen atoms in total. The van der Waals surface area contributed by atoms with Crippen molar-refractivity contribution in [1.29, 1.82) is 5.26 Å². The monoisotopic (exact) mass is 476 g/mol. The van der Waals surface area contributed by atoms with Crippen LogP contribution in [0, 0.1) is 17.1 Å². The van der Waals surface area contributed by atoms with Gasteiger partial charge in [-0.2, -0.15) is 21.0 Å². The van der Waals surface area contributed by atoms with Crippen LogP contribution in [-0.2, 0) is 0 Å². The summed E-state index contributed by atoms with van der Waals surface area (Å²) in [4.78, 5) is 12.9. The number of hydrogen-bond donors (Lipinski definition) is 3. The minimum atomic E-state index is -2.62. The summed E-state index contributed by atoms with van der Waals surface area (Å²) < 4.78 is 34.9. The summed E-state index contributed by atoms with van der Waals surface area (Å²) in [6.45, 7) is 0. The molecule has 1 amide bonds. The Hall–Kier alpha value is -3.71. The highest BCUT2D eigenvalue weighted by Crippen LogP contribution is 2.45. The van der Waals surface area contributed by atoms with Gasteiger partial charge in [-0.25, -0.2) is 9.07 Å². The lowest BCUT2D eigenvalue weighted by Gasteiger charge is -2.26. The number of hydrogen-bond acceptors (Lipinski definition) is 5. The molecular weight excluding hydrogens is 455 g/mol. The predicted octanol–water partition coefficient (Wildman–Crippen LogP) is 4.96. The minimum absolute atomic E-state index is 0.161. The Balaban J connectivity index is 1.59. The van der Waals surface area contributed by atoms with Crippen molar-refractivity contribution in [3.8, 4) is 23.0 Å². The topological polar surface area (TPSA) is 111 Å². The molecule has 1 atom stereocenters. The number of nitrogens with zero attached hydrogens (tertiary/aromatic N) is 3. The van der Waals surface area contributed by atoms with Crippen molar-refractivity contribution in [2.45, 2.75) is 12.5 Å². The zero-order valence-corrected chi connectivity index (χ0v) is 18.8. The average Bonchev–Trinajstić information content (AvgIpc) is 3.38. The number of carbonyl (C=O) groups excluding carboxylic acids is 1. The van der Waals surface area contributed by atoms with Crippen LogP contribution < -0.4 is 5.32 Å². The van der Waals surface area contributed by atoms with Crippen molar-refractivity contribution >= 4 is 27.4 Å². The van der Waals surface area contributed by atoms with Gasteiger partial charge in [0.25, 0.3) is 5.91 Å². The van der Waals surface area contributed by atoms with Crippen LogP contribution in [0.15, 0.2) is 66.7 Å². The van der Waals surface area contributed by atoms with E-state index in [9.17, 15) is 23.6 Å². The lowest BCUT2D eigenvalue weighted by atomic mass is 10.0. The van der Waals surface area contributed by atoms with Crippen molar-refractivity contribution in [3.05, 3.63) is 83.7 Å². The van der Waals surface area contributed by atoms with Gasteiger partial charge in [-0.15, -0.1) is 0 Å². The van der Waals surface area contributed by atoms with Gasteiger partial charge in [-0.3, -0.25) is 13.9 Å². The second kappa shape index (κ2) is 8.57. The van der Waals surface area contributed by atoms with Gasteiger partial charge in [0.15, 0.2) is 0 Å². The standard InChI is InChI=1S/C25H21FN4O3S/c26-19-5-7-21(8-6-19)30-23-13-18(25(31)28-20-10-11-34(32,33)15-20)4-9-22(23)24(29-30)17-3-1-2-16(12-17)14-27/h1-9,12-13,20,32-33H,10-11,15H2,(H,28,31). The number of amides is 1. The maximum atomic E-state index is 13.5. The highest BCUT2D eigenvalue weighted by molar-refractivity contribution is 8.24. The van der Waals surface area contributed by atoms with Crippen molar-refractivity contribution in [1.82, 2.24) is 15.1 Å². The van der Waals surface area contributed by atoms with E-state index in [0.29, 0.717) is 40.2 Å². The molecule has 1 fully saturated rings. The van der Waals surface area contributed by atoms with E-state index in [1.807, 2.05) is 6.07 Å². The molecule has 0 saturated carbocycles. The summed E-state index contributed by atoms with van der Waals surface area (Å²) in [6.07, 6.45) is 0.517. The number of fused-ring (bicyclic) bond motifs is 1. The summed E-state index contributed by atoms with van der Waals surface area (Å²) in [5.74, 6) is -0.235. The molecule has 0 aliphatic carbocycles. The minimum Gasteiger partial charge on any atom is -0.348 e. The van der Waals surface area contributed by atoms with E-state index < -0.39 is 10.6 Å². The van der Waals surface area contributed by atoms with Gasteiger partial charge in [0.2, 0.25) is 0 Å². The van der Waals surface area contributed by atoms with Crippen molar-refractivity contribution in [2.75, 3.05) is 11.5 Å². The van der Waals surface area contributed by atoms with Gasteiger partial charge in [0.1, 0.15) is 11.5 Å². The molecule has 1 aliphatic rings. The molecule has 1 aliphatic heterocycles. The van der Waals surface area contributed by atoms with E-state index in [0.717, 1.165) is 10.9 Å². The predicted molar refractivity (Wildman–Crippen MR) is 130 cm³/mol. The Morgan fingerprint density at radius 2 is 1.94 bits per heavy atom. The Kier molecular flexibility index (Phi) is 5.57. The summed E-state index contributed by atoms with van der Waals surface area (Å²) in [7, 11) is -2.62. The van der Waals surface area contributed by atoms with Gasteiger partial charge < -0.3 is 5.32 Å². The van der Waals surface area contributed by atoms with Crippen LogP contribution >= 0.6 is 10.6 Å². The maximum Gasteiger partial charge on any atom is 0.251 e. The zero-order valence-electron chi connectivity index (χ0n) is 18.0. The molecule has 3 aromatic carbocycles. The molecule has 3 N–H and O–H groups in total. The number of benzene rings is 3. The number of halogens is 1. The van der Waals surface area contributed by atoms with Gasteiger partial charge in [-0.05, 0) is 61.0 Å². The van der Waals surface area contributed by atoms with Gasteiger partial charge >= 0.3 is 0 Å². The lowest BCUT2D eigenvalue weighted by Crippen LogP contribution is -2.35. The van der Waals surface area contributed by atoms with Crippen molar-refractivity contribution in [3.63, 3.8) is 0 Å². The second-order valence-electron chi connectivity index (χ2n) is 8.29. The number of carbonyl (C=O) groups is 1. The molecule has 9 heteroatoms. The quantitative estimate of drug-likeness (QED) is 0.386. The molecular formula is C25H21FN4O3S. The fourth-order valence-corrected chi connectivity index (χ4v) is 5.91. The molecule has 0 spiro atoms. The van der Waals surface area contributed by atoms with Crippen molar-refractivity contribution in [2.24, 2.45) is 0 Å². The normalized spacial score (nSPS) is 17.9. The fourth-order valence-electron chi connectivity index (χ4n) is 4.19. The summed E-state index contributed by atoms with van der Waals surface area (Å²) in [5.41, 5.74) is 3.55. The molecule has 2 heterocycles. The first kappa shape index (κ1) is 22.1. The molecule has 34 heavy (non-hydrogen) atoms. The van der Waals surface area contributed by atoms with Crippen LogP contribution in [0.3, 0.4) is 0 Å². The molecule has 172 valence electrons. The number of aromatic nitrogens is 2. The largest absolute Gasteiger partial charge is 0.348 e. The molecule has 5 rings (SSSR count). The van der Waals surface area contributed by atoms with E-state index >= 15 is 0 Å². The molecule has 0 bridgehead atoms. The first-order chi connectivity index (χ1) is 16.3. The molecule has 1 aromatic heterocycles. The Labute approximate surface area is 196 Å². The molecule has 1 unspecified atom stereocenters. The summed E-state index contributed by atoms with van der Waals surface area (Å²) >= 11 is 0. The highest BCUT2D eigenvalue weighted by Gasteiger charge is 2.29. The highest BCUT2D eigenvalue weighted by atomic mass is 32.3. The zero-order chi connectivity index (χ0) is 23.9. The molecule has 0 radical (unpaired) electrons. The van der Waals surface area contributed by atoms with Gasteiger partial charge in [0, 0.05) is 28.3 Å². The van der Waals surface area contributed by atoms with Gasteiger partial charge in [0.05, 0.1) is 28.6 Å². The lowest BCUT2D eigenvalue weighted by molar-refractivity contribution is 0.0941. The van der Waals surface area contributed by atoms with Crippen LogP contribution in [-0.4, -0.2) is 42.3 Å². The third-order valence-electron chi connectivity index (χ3n) is 5.88. The average molecular weight is 477 g/mol. The maximum absolute atomic E-state index is 13.5. The van der Waals surface area contributed by atoms with Gasteiger partial charge in [-0.1, -0.05) is 12.1 Å². The summed E-state index contributed by atoms with van der Waals surface area (Å²) in [5, 5.41) is 17.7. The molecule has 1 saturated heterocycles.